The maximum atomic E-state index is 12.6. The molecule has 1 aromatic carbocycles. The Bertz CT molecular complexity index is 715. The van der Waals surface area contributed by atoms with E-state index in [0.717, 1.165) is 37.1 Å². The molecule has 8 heteroatoms. The average molecular weight is 407 g/mol. The van der Waals surface area contributed by atoms with E-state index in [0.29, 0.717) is 12.2 Å². The molecule has 1 aliphatic heterocycles. The third-order valence-electron chi connectivity index (χ3n) is 4.20. The smallest absolute Gasteiger partial charge is 1.00 e. The first-order valence-electron chi connectivity index (χ1n) is 7.50. The zero-order valence-corrected chi connectivity index (χ0v) is 14.3. The van der Waals surface area contributed by atoms with Crippen molar-refractivity contribution in [1.82, 2.24) is 10.5 Å². The van der Waals surface area contributed by atoms with Gasteiger partial charge in [0.1, 0.15) is 5.76 Å². The quantitative estimate of drug-likeness (QED) is 0.764. The lowest BCUT2D eigenvalue weighted by Crippen LogP contribution is -3.00. The third-order valence-corrected chi connectivity index (χ3v) is 4.20. The minimum atomic E-state index is -4.31. The Morgan fingerprint density at radius 1 is 1.25 bits per heavy atom. The van der Waals surface area contributed by atoms with E-state index in [1.165, 1.54) is 18.2 Å². The molecule has 2 heterocycles. The van der Waals surface area contributed by atoms with Crippen molar-refractivity contribution in [1.29, 1.82) is 0 Å². The highest BCUT2D eigenvalue weighted by Crippen LogP contribution is 2.30. The fraction of sp³-hybridized carbons (Fsp3) is 0.438. The molecule has 4 nitrogen and oxygen atoms in total. The van der Waals surface area contributed by atoms with Gasteiger partial charge in [-0.1, -0.05) is 12.1 Å². The van der Waals surface area contributed by atoms with E-state index in [9.17, 15) is 18.0 Å². The van der Waals surface area contributed by atoms with Crippen LogP contribution in [0.4, 0.5) is 13.2 Å². The zero-order valence-electron chi connectivity index (χ0n) is 13.7. The Morgan fingerprint density at radius 2 is 1.96 bits per heavy atom. The molecule has 0 aliphatic carbocycles. The Labute approximate surface area is 148 Å². The van der Waals surface area contributed by atoms with Crippen LogP contribution in [-0.2, 0) is 12.6 Å². The van der Waals surface area contributed by atoms with E-state index in [1.807, 2.05) is 0 Å². The zero-order chi connectivity index (χ0) is 16.4. The number of nitrogens with one attached hydrogen (secondary N) is 2. The molecule has 24 heavy (non-hydrogen) atoms. The van der Waals surface area contributed by atoms with Crippen LogP contribution in [0.3, 0.4) is 0 Å². The highest BCUT2D eigenvalue weighted by atomic mass is 79.9. The second-order valence-corrected chi connectivity index (χ2v) is 5.89. The number of hydrogen-bond acceptors (Lipinski definition) is 3. The van der Waals surface area contributed by atoms with Gasteiger partial charge in [0.05, 0.1) is 5.56 Å². The number of piperidine rings is 1. The standard InChI is InChI=1S/C16H17F3N2O2.BrH/c17-16(18,19)12-3-1-10(2-4-12)7-13-8-11(5-6-20-13)14-9-15(22)21-23-14;/h1-4,9,11,13,20H,5-8H2,(H,21,22);1H/t11-,13+;/m0./s1. The number of aromatic nitrogens is 1. The van der Waals surface area contributed by atoms with Crippen molar-refractivity contribution in [2.75, 3.05) is 6.54 Å². The van der Waals surface area contributed by atoms with Gasteiger partial charge >= 0.3 is 7.60 Å². The van der Waals surface area contributed by atoms with Crippen LogP contribution in [0.1, 0.15) is 37.1 Å². The van der Waals surface area contributed by atoms with Gasteiger partial charge in [0.15, 0.2) is 0 Å². The van der Waals surface area contributed by atoms with Gasteiger partial charge in [-0.3, -0.25) is 4.79 Å². The highest BCUT2D eigenvalue weighted by Gasteiger charge is 2.30. The number of halogens is 4. The van der Waals surface area contributed by atoms with E-state index < -0.39 is 11.7 Å². The number of alkyl halides is 3. The van der Waals surface area contributed by atoms with Crippen molar-refractivity contribution in [3.8, 4) is 0 Å². The van der Waals surface area contributed by atoms with E-state index in [4.69, 9.17) is 4.52 Å². The van der Waals surface area contributed by atoms with Crippen LogP contribution in [0, 0.1) is 0 Å². The van der Waals surface area contributed by atoms with E-state index in [2.05, 4.69) is 10.5 Å². The summed E-state index contributed by atoms with van der Waals surface area (Å²) in [6, 6.07) is 6.87. The van der Waals surface area contributed by atoms with Crippen molar-refractivity contribution in [2.45, 2.75) is 37.4 Å². The number of H-pyrrole nitrogens is 1. The van der Waals surface area contributed by atoms with Crippen LogP contribution >= 0.6 is 0 Å². The molecule has 132 valence electrons. The van der Waals surface area contributed by atoms with Crippen LogP contribution in [0.25, 0.3) is 0 Å². The summed E-state index contributed by atoms with van der Waals surface area (Å²) in [5.41, 5.74) is -0.0330. The molecular weight excluding hydrogens is 389 g/mol. The number of benzene rings is 1. The Kier molecular flexibility index (Phi) is 5.92. The Balaban J connectivity index is 0.00000156. The van der Waals surface area contributed by atoms with Crippen molar-refractivity contribution in [3.63, 3.8) is 0 Å². The third kappa shape index (κ3) is 4.51. The minimum Gasteiger partial charge on any atom is -1.00 e. The topological polar surface area (TPSA) is 58.0 Å². The predicted molar refractivity (Wildman–Crippen MR) is 79.4 cm³/mol. The maximum Gasteiger partial charge on any atom is 1.00 e. The van der Waals surface area contributed by atoms with E-state index >= 15 is 0 Å². The molecule has 3 rings (SSSR count). The molecule has 2 N–H and O–H groups in total. The number of hydrogen-bond donors (Lipinski definition) is 2. The number of aromatic amines is 1. The van der Waals surface area contributed by atoms with E-state index in [1.54, 1.807) is 0 Å². The summed E-state index contributed by atoms with van der Waals surface area (Å²) >= 11 is 0. The fourth-order valence-corrected chi connectivity index (χ4v) is 3.03. The van der Waals surface area contributed by atoms with Gasteiger partial charge in [0, 0.05) is 18.0 Å². The molecule has 0 radical (unpaired) electrons. The summed E-state index contributed by atoms with van der Waals surface area (Å²) < 4.78 is 42.9. The molecule has 0 spiro atoms. The molecule has 1 saturated heterocycles. The Morgan fingerprint density at radius 3 is 2.54 bits per heavy atom. The van der Waals surface area contributed by atoms with Gasteiger partial charge in [0.2, 0.25) is 0 Å². The Hall–Kier alpha value is -1.54. The summed E-state index contributed by atoms with van der Waals surface area (Å²) in [5, 5.41) is 5.66. The first kappa shape index (κ1) is 18.8. The van der Waals surface area contributed by atoms with Gasteiger partial charge in [-0.05, 0) is 43.5 Å². The largest absolute Gasteiger partial charge is 1.00 e. The first-order valence-corrected chi connectivity index (χ1v) is 7.50. The second-order valence-electron chi connectivity index (χ2n) is 5.89. The molecular formula is C16H18BrF3N2O2. The SMILES string of the molecule is O=c1cc([C@H]2CCN[C@H](Cc3ccc(C(F)(F)F)cc3)C2)o[nH]1.[Br-].[H+]. The van der Waals surface area contributed by atoms with Crippen molar-refractivity contribution in [2.24, 2.45) is 0 Å². The van der Waals surface area contributed by atoms with Crippen molar-refractivity contribution in [3.05, 3.63) is 57.6 Å². The number of rotatable bonds is 3. The molecule has 2 atom stereocenters. The molecule has 1 aliphatic rings. The molecule has 1 aromatic heterocycles. The van der Waals surface area contributed by atoms with Gasteiger partial charge in [-0.15, -0.1) is 0 Å². The summed E-state index contributed by atoms with van der Waals surface area (Å²) in [5.74, 6) is 0.795. The molecule has 1 fully saturated rings. The van der Waals surface area contributed by atoms with Crippen LogP contribution in [0.15, 0.2) is 39.6 Å². The maximum absolute atomic E-state index is 12.6. The first-order chi connectivity index (χ1) is 10.9. The highest BCUT2D eigenvalue weighted by molar-refractivity contribution is 5.25. The normalized spacial score (nSPS) is 21.3. The lowest BCUT2D eigenvalue weighted by molar-refractivity contribution is -0.137. The summed E-state index contributed by atoms with van der Waals surface area (Å²) in [6.07, 6.45) is -2.02. The summed E-state index contributed by atoms with van der Waals surface area (Å²) in [6.45, 7) is 0.783. The van der Waals surface area contributed by atoms with E-state index in [-0.39, 0.29) is 35.9 Å². The van der Waals surface area contributed by atoms with Crippen LogP contribution in [0.2, 0.25) is 0 Å². The molecule has 0 unspecified atom stereocenters. The second kappa shape index (κ2) is 7.57. The van der Waals surface area contributed by atoms with Crippen LogP contribution in [-0.4, -0.2) is 17.7 Å². The molecule has 0 saturated carbocycles. The van der Waals surface area contributed by atoms with Crippen molar-refractivity contribution < 1.29 is 36.1 Å². The summed E-state index contributed by atoms with van der Waals surface area (Å²) in [7, 11) is 0. The van der Waals surface area contributed by atoms with Crippen molar-refractivity contribution >= 4 is 0 Å². The van der Waals surface area contributed by atoms with Gasteiger partial charge < -0.3 is 26.8 Å². The predicted octanol–water partition coefficient (Wildman–Crippen LogP) is 0.182. The van der Waals surface area contributed by atoms with Gasteiger partial charge in [0.25, 0.3) is 5.56 Å². The molecule has 0 amide bonds. The average Bonchev–Trinajstić information content (AvgIpc) is 2.94. The fourth-order valence-electron chi connectivity index (χ4n) is 3.03. The lowest BCUT2D eigenvalue weighted by atomic mass is 9.87. The van der Waals surface area contributed by atoms with Gasteiger partial charge in [-0.2, -0.15) is 18.3 Å². The van der Waals surface area contributed by atoms with Crippen LogP contribution in [0.5, 0.6) is 0 Å². The summed E-state index contributed by atoms with van der Waals surface area (Å²) in [4.78, 5) is 11.2. The molecule has 2 aromatic rings. The minimum absolute atomic E-state index is 0. The van der Waals surface area contributed by atoms with Gasteiger partial charge in [-0.25, -0.2) is 0 Å². The molecule has 0 bridgehead atoms. The monoisotopic (exact) mass is 406 g/mol. The lowest BCUT2D eigenvalue weighted by Gasteiger charge is -2.29. The van der Waals surface area contributed by atoms with Crippen LogP contribution < -0.4 is 27.9 Å².